The highest BCUT2D eigenvalue weighted by atomic mass is 32.2. The molecule has 0 saturated heterocycles. The SMILES string of the molecule is Cc1ccc(S(=O)(=O)NC[C@@H](c2ccco2)N(C)C)cc1F. The average Bonchev–Trinajstić information content (AvgIpc) is 2.95. The van der Waals surface area contributed by atoms with Crippen molar-refractivity contribution in [2.24, 2.45) is 0 Å². The van der Waals surface area contributed by atoms with E-state index in [2.05, 4.69) is 4.72 Å². The van der Waals surface area contributed by atoms with E-state index in [1.165, 1.54) is 18.4 Å². The number of aryl methyl sites for hydroxylation is 1. The van der Waals surface area contributed by atoms with Gasteiger partial charge in [-0.25, -0.2) is 17.5 Å². The second-order valence-electron chi connectivity index (χ2n) is 5.26. The van der Waals surface area contributed by atoms with E-state index in [0.29, 0.717) is 11.3 Å². The Morgan fingerprint density at radius 1 is 1.32 bits per heavy atom. The molecule has 1 aromatic carbocycles. The van der Waals surface area contributed by atoms with Gasteiger partial charge in [-0.3, -0.25) is 4.90 Å². The van der Waals surface area contributed by atoms with E-state index >= 15 is 0 Å². The molecular weight excluding hydrogens is 307 g/mol. The second-order valence-corrected chi connectivity index (χ2v) is 7.02. The quantitative estimate of drug-likeness (QED) is 0.885. The lowest BCUT2D eigenvalue weighted by atomic mass is 10.2. The van der Waals surface area contributed by atoms with Crippen molar-refractivity contribution in [2.45, 2.75) is 17.9 Å². The topological polar surface area (TPSA) is 62.6 Å². The minimum absolute atomic E-state index is 0.0902. The molecule has 120 valence electrons. The molecule has 0 aliphatic carbocycles. The van der Waals surface area contributed by atoms with Gasteiger partial charge in [-0.05, 0) is 50.8 Å². The molecule has 7 heteroatoms. The first-order chi connectivity index (χ1) is 10.3. The Morgan fingerprint density at radius 2 is 2.05 bits per heavy atom. The molecule has 0 aliphatic heterocycles. The zero-order chi connectivity index (χ0) is 16.3. The van der Waals surface area contributed by atoms with E-state index < -0.39 is 15.8 Å². The number of nitrogens with one attached hydrogen (secondary N) is 1. The number of hydrogen-bond donors (Lipinski definition) is 1. The average molecular weight is 326 g/mol. The molecular formula is C15H19FN2O3S. The highest BCUT2D eigenvalue weighted by Gasteiger charge is 2.22. The summed E-state index contributed by atoms with van der Waals surface area (Å²) in [5.41, 5.74) is 0.403. The summed E-state index contributed by atoms with van der Waals surface area (Å²) in [5.74, 6) is 0.112. The van der Waals surface area contributed by atoms with Crippen molar-refractivity contribution < 1.29 is 17.2 Å². The van der Waals surface area contributed by atoms with E-state index in [1.807, 2.05) is 19.0 Å². The predicted molar refractivity (Wildman–Crippen MR) is 81.5 cm³/mol. The molecule has 2 rings (SSSR count). The first kappa shape index (κ1) is 16.7. The molecule has 0 aliphatic rings. The lowest BCUT2D eigenvalue weighted by Crippen LogP contribution is -2.34. The van der Waals surface area contributed by atoms with Gasteiger partial charge < -0.3 is 4.42 Å². The number of rotatable bonds is 6. The fourth-order valence-electron chi connectivity index (χ4n) is 2.03. The lowest BCUT2D eigenvalue weighted by Gasteiger charge is -2.22. The lowest BCUT2D eigenvalue weighted by molar-refractivity contribution is 0.259. The normalized spacial score (nSPS) is 13.5. The van der Waals surface area contributed by atoms with E-state index in [1.54, 1.807) is 19.1 Å². The number of furan rings is 1. The molecule has 0 amide bonds. The number of nitrogens with zero attached hydrogens (tertiary/aromatic N) is 1. The summed E-state index contributed by atoms with van der Waals surface area (Å²) in [7, 11) is -0.125. The molecule has 0 unspecified atom stereocenters. The Morgan fingerprint density at radius 3 is 2.59 bits per heavy atom. The molecule has 1 aromatic heterocycles. The van der Waals surface area contributed by atoms with Crippen molar-refractivity contribution in [2.75, 3.05) is 20.6 Å². The van der Waals surface area contributed by atoms with Crippen LogP contribution in [0.4, 0.5) is 4.39 Å². The summed E-state index contributed by atoms with van der Waals surface area (Å²) in [4.78, 5) is 1.75. The third-order valence-corrected chi connectivity index (χ3v) is 4.84. The van der Waals surface area contributed by atoms with E-state index in [4.69, 9.17) is 4.42 Å². The summed E-state index contributed by atoms with van der Waals surface area (Å²) >= 11 is 0. The molecule has 5 nitrogen and oxygen atoms in total. The van der Waals surface area contributed by atoms with Crippen molar-refractivity contribution in [1.29, 1.82) is 0 Å². The minimum atomic E-state index is -3.78. The summed E-state index contributed by atoms with van der Waals surface area (Å²) in [6, 6.07) is 7.13. The highest BCUT2D eigenvalue weighted by Crippen LogP contribution is 2.19. The van der Waals surface area contributed by atoms with Gasteiger partial charge in [0.1, 0.15) is 11.6 Å². The Hall–Kier alpha value is -1.70. The minimum Gasteiger partial charge on any atom is -0.468 e. The predicted octanol–water partition coefficient (Wildman–Crippen LogP) is 2.31. The van der Waals surface area contributed by atoms with Crippen LogP contribution in [-0.4, -0.2) is 34.0 Å². The number of halogens is 1. The molecule has 0 spiro atoms. The third-order valence-electron chi connectivity index (χ3n) is 3.42. The van der Waals surface area contributed by atoms with Crippen LogP contribution in [-0.2, 0) is 10.0 Å². The summed E-state index contributed by atoms with van der Waals surface area (Å²) in [5, 5.41) is 0. The Labute approximate surface area is 129 Å². The summed E-state index contributed by atoms with van der Waals surface area (Å²) in [6.07, 6.45) is 1.54. The van der Waals surface area contributed by atoms with Crippen LogP contribution in [0.25, 0.3) is 0 Å². The van der Waals surface area contributed by atoms with Gasteiger partial charge in [-0.15, -0.1) is 0 Å². The van der Waals surface area contributed by atoms with Gasteiger partial charge in [0.15, 0.2) is 0 Å². The second kappa shape index (κ2) is 6.60. The molecule has 0 saturated carbocycles. The molecule has 0 fully saturated rings. The monoisotopic (exact) mass is 326 g/mol. The van der Waals surface area contributed by atoms with Crippen LogP contribution in [0.1, 0.15) is 17.4 Å². The Bertz CT molecular complexity index is 727. The van der Waals surface area contributed by atoms with E-state index in [-0.39, 0.29) is 17.5 Å². The molecule has 0 bridgehead atoms. The maximum atomic E-state index is 13.5. The standard InChI is InChI=1S/C15H19FN2O3S/c1-11-6-7-12(9-13(11)16)22(19,20)17-10-14(18(2)3)15-5-4-8-21-15/h4-9,14,17H,10H2,1-3H3/t14-/m0/s1. The van der Waals surface area contributed by atoms with Gasteiger partial charge in [0.25, 0.3) is 0 Å². The van der Waals surface area contributed by atoms with Gasteiger partial charge in [-0.2, -0.15) is 0 Å². The van der Waals surface area contributed by atoms with Crippen molar-refractivity contribution in [1.82, 2.24) is 9.62 Å². The largest absolute Gasteiger partial charge is 0.468 e. The molecule has 22 heavy (non-hydrogen) atoms. The number of sulfonamides is 1. The molecule has 0 radical (unpaired) electrons. The molecule has 1 N–H and O–H groups in total. The van der Waals surface area contributed by atoms with E-state index in [0.717, 1.165) is 6.07 Å². The smallest absolute Gasteiger partial charge is 0.240 e. The van der Waals surface area contributed by atoms with Crippen molar-refractivity contribution >= 4 is 10.0 Å². The zero-order valence-corrected chi connectivity index (χ0v) is 13.5. The third kappa shape index (κ3) is 3.73. The zero-order valence-electron chi connectivity index (χ0n) is 12.7. The first-order valence-corrected chi connectivity index (χ1v) is 8.25. The van der Waals surface area contributed by atoms with Gasteiger partial charge in [0.2, 0.25) is 10.0 Å². The number of hydrogen-bond acceptors (Lipinski definition) is 4. The molecule has 2 aromatic rings. The fraction of sp³-hybridized carbons (Fsp3) is 0.333. The highest BCUT2D eigenvalue weighted by molar-refractivity contribution is 7.89. The van der Waals surface area contributed by atoms with Crippen molar-refractivity contribution in [3.05, 3.63) is 53.7 Å². The Kier molecular flexibility index (Phi) is 5.00. The Balaban J connectivity index is 2.16. The molecule has 1 heterocycles. The first-order valence-electron chi connectivity index (χ1n) is 6.77. The number of likely N-dealkylation sites (N-methyl/N-ethyl adjacent to an activating group) is 1. The van der Waals surface area contributed by atoms with Crippen molar-refractivity contribution in [3.63, 3.8) is 0 Å². The van der Waals surface area contributed by atoms with Crippen LogP contribution in [0.3, 0.4) is 0 Å². The van der Waals surface area contributed by atoms with Crippen LogP contribution >= 0.6 is 0 Å². The fourth-order valence-corrected chi connectivity index (χ4v) is 3.08. The van der Waals surface area contributed by atoms with Gasteiger partial charge in [0, 0.05) is 6.54 Å². The van der Waals surface area contributed by atoms with Gasteiger partial charge in [0.05, 0.1) is 17.2 Å². The maximum Gasteiger partial charge on any atom is 0.240 e. The van der Waals surface area contributed by atoms with Crippen molar-refractivity contribution in [3.8, 4) is 0 Å². The van der Waals surface area contributed by atoms with Crippen LogP contribution in [0, 0.1) is 12.7 Å². The maximum absolute atomic E-state index is 13.5. The van der Waals surface area contributed by atoms with Gasteiger partial charge in [-0.1, -0.05) is 6.07 Å². The van der Waals surface area contributed by atoms with Crippen LogP contribution in [0.2, 0.25) is 0 Å². The number of benzene rings is 1. The van der Waals surface area contributed by atoms with Crippen LogP contribution in [0.15, 0.2) is 45.9 Å². The van der Waals surface area contributed by atoms with Gasteiger partial charge >= 0.3 is 0 Å². The summed E-state index contributed by atoms with van der Waals surface area (Å²) < 4.78 is 45.9. The molecule has 1 atom stereocenters. The van der Waals surface area contributed by atoms with E-state index in [9.17, 15) is 12.8 Å². The van der Waals surface area contributed by atoms with Crippen LogP contribution < -0.4 is 4.72 Å². The van der Waals surface area contributed by atoms with Crippen LogP contribution in [0.5, 0.6) is 0 Å². The summed E-state index contributed by atoms with van der Waals surface area (Å²) in [6.45, 7) is 1.70.